The number of benzene rings is 2. The van der Waals surface area contributed by atoms with E-state index in [0.717, 1.165) is 17.0 Å². The predicted octanol–water partition coefficient (Wildman–Crippen LogP) is 3.07. The monoisotopic (exact) mass is 399 g/mol. The van der Waals surface area contributed by atoms with Crippen LogP contribution in [0, 0.1) is 0 Å². The second-order valence-electron chi connectivity index (χ2n) is 7.26. The van der Waals surface area contributed by atoms with Gasteiger partial charge in [0, 0.05) is 31.0 Å². The smallest absolute Gasteiger partial charge is 0.255 e. The lowest BCUT2D eigenvalue weighted by Crippen LogP contribution is -2.62. The van der Waals surface area contributed by atoms with Crippen molar-refractivity contribution < 1.29 is 14.3 Å². The molecule has 2 N–H and O–H groups in total. The van der Waals surface area contributed by atoms with E-state index >= 15 is 0 Å². The highest BCUT2D eigenvalue weighted by atomic mass is 35.5. The summed E-state index contributed by atoms with van der Waals surface area (Å²) in [6.07, 6.45) is 1.63. The molecule has 2 amide bonds. The third-order valence-electron chi connectivity index (χ3n) is 5.44. The zero-order chi connectivity index (χ0) is 19.7. The molecule has 2 aliphatic rings. The number of nitrogens with zero attached hydrogens (tertiary/aromatic N) is 1. The van der Waals surface area contributed by atoms with Crippen molar-refractivity contribution in [2.24, 2.45) is 0 Å². The van der Waals surface area contributed by atoms with Gasteiger partial charge in [-0.25, -0.2) is 0 Å². The van der Waals surface area contributed by atoms with E-state index in [1.54, 1.807) is 25.3 Å². The normalized spacial score (nSPS) is 17.5. The molecule has 6 nitrogen and oxygen atoms in total. The highest BCUT2D eigenvalue weighted by molar-refractivity contribution is 6.31. The Bertz CT molecular complexity index is 906. The number of carbonyl (C=O) groups excluding carboxylic acids is 2. The van der Waals surface area contributed by atoms with Crippen molar-refractivity contribution in [1.82, 2.24) is 10.2 Å². The third-order valence-corrected chi connectivity index (χ3v) is 5.67. The molecule has 28 heavy (non-hydrogen) atoms. The quantitative estimate of drug-likeness (QED) is 0.832. The highest BCUT2D eigenvalue weighted by Gasteiger charge is 2.40. The second-order valence-corrected chi connectivity index (χ2v) is 7.69. The lowest BCUT2D eigenvalue weighted by molar-refractivity contribution is -0.132. The van der Waals surface area contributed by atoms with Crippen LogP contribution in [0.15, 0.2) is 42.5 Å². The van der Waals surface area contributed by atoms with E-state index in [2.05, 4.69) is 10.6 Å². The topological polar surface area (TPSA) is 70.7 Å². The van der Waals surface area contributed by atoms with E-state index in [0.29, 0.717) is 42.9 Å². The summed E-state index contributed by atoms with van der Waals surface area (Å²) in [5.74, 6) is 0.754. The van der Waals surface area contributed by atoms with Gasteiger partial charge in [-0.05, 0) is 35.9 Å². The molecule has 1 spiro atoms. The van der Waals surface area contributed by atoms with Crippen molar-refractivity contribution in [3.05, 3.63) is 58.6 Å². The number of ether oxygens (including phenoxy) is 1. The molecule has 2 heterocycles. The fourth-order valence-electron chi connectivity index (χ4n) is 3.81. The molecule has 2 aromatic carbocycles. The molecule has 146 valence electrons. The van der Waals surface area contributed by atoms with Gasteiger partial charge < -0.3 is 20.3 Å². The van der Waals surface area contributed by atoms with Gasteiger partial charge >= 0.3 is 0 Å². The van der Waals surface area contributed by atoms with Gasteiger partial charge in [0.25, 0.3) is 5.91 Å². The Morgan fingerprint density at radius 1 is 1.14 bits per heavy atom. The van der Waals surface area contributed by atoms with Gasteiger partial charge in [0.05, 0.1) is 24.8 Å². The largest absolute Gasteiger partial charge is 0.497 e. The molecule has 4 rings (SSSR count). The minimum absolute atomic E-state index is 0.0885. The molecule has 0 aromatic heterocycles. The fraction of sp³-hybridized carbons (Fsp3) is 0.333. The van der Waals surface area contributed by atoms with Crippen LogP contribution < -0.4 is 15.4 Å². The van der Waals surface area contributed by atoms with Crippen LogP contribution in [0.25, 0.3) is 0 Å². The Hall–Kier alpha value is -2.73. The van der Waals surface area contributed by atoms with Crippen molar-refractivity contribution in [2.75, 3.05) is 25.5 Å². The van der Waals surface area contributed by atoms with Gasteiger partial charge in [0.1, 0.15) is 11.4 Å². The molecule has 2 aromatic rings. The Morgan fingerprint density at radius 3 is 2.54 bits per heavy atom. The number of anilines is 1. The summed E-state index contributed by atoms with van der Waals surface area (Å²) in [6.45, 7) is 1.16. The molecule has 0 bridgehead atoms. The summed E-state index contributed by atoms with van der Waals surface area (Å²) in [6, 6.07) is 12.7. The molecule has 0 saturated carbocycles. The predicted molar refractivity (Wildman–Crippen MR) is 108 cm³/mol. The number of methoxy groups -OCH3 is 1. The van der Waals surface area contributed by atoms with Crippen molar-refractivity contribution in [3.63, 3.8) is 0 Å². The fourth-order valence-corrected chi connectivity index (χ4v) is 3.98. The van der Waals surface area contributed by atoms with Crippen molar-refractivity contribution in [1.29, 1.82) is 0 Å². The molecule has 2 aliphatic heterocycles. The summed E-state index contributed by atoms with van der Waals surface area (Å²) in [5.41, 5.74) is 1.76. The van der Waals surface area contributed by atoms with E-state index in [4.69, 9.17) is 16.3 Å². The molecule has 0 unspecified atom stereocenters. The van der Waals surface area contributed by atoms with Crippen molar-refractivity contribution in [3.8, 4) is 5.75 Å². The number of hydrogen-bond donors (Lipinski definition) is 2. The average Bonchev–Trinajstić information content (AvgIpc) is 2.68. The van der Waals surface area contributed by atoms with Crippen molar-refractivity contribution in [2.45, 2.75) is 24.9 Å². The average molecular weight is 400 g/mol. The highest BCUT2D eigenvalue weighted by Crippen LogP contribution is 2.33. The van der Waals surface area contributed by atoms with Gasteiger partial charge in [-0.1, -0.05) is 23.7 Å². The summed E-state index contributed by atoms with van der Waals surface area (Å²) in [5, 5.41) is 7.11. The Morgan fingerprint density at radius 2 is 1.86 bits per heavy atom. The molecule has 0 atom stereocenters. The Balaban J connectivity index is 1.40. The summed E-state index contributed by atoms with van der Waals surface area (Å²) in [4.78, 5) is 27.0. The zero-order valence-corrected chi connectivity index (χ0v) is 16.4. The lowest BCUT2D eigenvalue weighted by Gasteiger charge is -2.46. The first-order valence-electron chi connectivity index (χ1n) is 9.29. The van der Waals surface area contributed by atoms with Crippen LogP contribution in [0.1, 0.15) is 28.8 Å². The van der Waals surface area contributed by atoms with E-state index in [1.807, 2.05) is 29.2 Å². The SMILES string of the molecule is COc1ccc(CC(=O)N2CCC3(CC2)NC(=O)c2ccc(Cl)cc2N3)cc1. The van der Waals surface area contributed by atoms with Gasteiger partial charge in [0.2, 0.25) is 5.91 Å². The second kappa shape index (κ2) is 7.36. The number of rotatable bonds is 3. The third kappa shape index (κ3) is 3.64. The van der Waals surface area contributed by atoms with E-state index < -0.39 is 5.66 Å². The van der Waals surface area contributed by atoms with Gasteiger partial charge in [-0.15, -0.1) is 0 Å². The van der Waals surface area contributed by atoms with E-state index in [9.17, 15) is 9.59 Å². The molecular weight excluding hydrogens is 378 g/mol. The maximum Gasteiger partial charge on any atom is 0.255 e. The number of fused-ring (bicyclic) bond motifs is 1. The Labute approximate surface area is 168 Å². The molecule has 7 heteroatoms. The molecule has 1 saturated heterocycles. The summed E-state index contributed by atoms with van der Waals surface area (Å²) >= 11 is 6.08. The Kier molecular flexibility index (Phi) is 4.89. The summed E-state index contributed by atoms with van der Waals surface area (Å²) in [7, 11) is 1.62. The molecule has 0 radical (unpaired) electrons. The first-order valence-corrected chi connectivity index (χ1v) is 9.67. The van der Waals surface area contributed by atoms with E-state index in [1.165, 1.54) is 0 Å². The molecular formula is C21H22ClN3O3. The van der Waals surface area contributed by atoms with Crippen LogP contribution in [0.3, 0.4) is 0 Å². The van der Waals surface area contributed by atoms with Gasteiger partial charge in [0.15, 0.2) is 0 Å². The number of piperidine rings is 1. The van der Waals surface area contributed by atoms with Crippen LogP contribution in [0.4, 0.5) is 5.69 Å². The number of carbonyl (C=O) groups is 2. The van der Waals surface area contributed by atoms with Crippen LogP contribution >= 0.6 is 11.6 Å². The summed E-state index contributed by atoms with van der Waals surface area (Å²) < 4.78 is 5.15. The minimum Gasteiger partial charge on any atom is -0.497 e. The number of halogens is 1. The van der Waals surface area contributed by atoms with Crippen LogP contribution in [-0.2, 0) is 11.2 Å². The molecule has 0 aliphatic carbocycles. The first-order chi connectivity index (χ1) is 13.5. The number of likely N-dealkylation sites (tertiary alicyclic amines) is 1. The van der Waals surface area contributed by atoms with Crippen LogP contribution in [-0.4, -0.2) is 42.6 Å². The van der Waals surface area contributed by atoms with Crippen LogP contribution in [0.2, 0.25) is 5.02 Å². The lowest BCUT2D eigenvalue weighted by atomic mass is 9.92. The zero-order valence-electron chi connectivity index (χ0n) is 15.6. The first kappa shape index (κ1) is 18.6. The van der Waals surface area contributed by atoms with Crippen LogP contribution in [0.5, 0.6) is 5.75 Å². The minimum atomic E-state index is -0.536. The molecule has 1 fully saturated rings. The standard InChI is InChI=1S/C21H22ClN3O3/c1-28-16-5-2-14(3-6-16)12-19(26)25-10-8-21(9-11-25)23-18-13-15(22)4-7-17(18)20(27)24-21/h2-7,13,23H,8-12H2,1H3,(H,24,27). The van der Waals surface area contributed by atoms with E-state index in [-0.39, 0.29) is 11.8 Å². The van der Waals surface area contributed by atoms with Crippen molar-refractivity contribution >= 4 is 29.1 Å². The van der Waals surface area contributed by atoms with Gasteiger partial charge in [-0.2, -0.15) is 0 Å². The maximum absolute atomic E-state index is 12.7. The maximum atomic E-state index is 12.7. The van der Waals surface area contributed by atoms with Gasteiger partial charge in [-0.3, -0.25) is 9.59 Å². The number of hydrogen-bond acceptors (Lipinski definition) is 4. The number of nitrogens with one attached hydrogen (secondary N) is 2. The number of amides is 2.